The minimum absolute atomic E-state index is 0.0206. The number of rotatable bonds is 2. The summed E-state index contributed by atoms with van der Waals surface area (Å²) in [5.74, 6) is -0.0206. The van der Waals surface area contributed by atoms with Gasteiger partial charge in [0.25, 0.3) is 0 Å². The first kappa shape index (κ1) is 10.0. The van der Waals surface area contributed by atoms with E-state index in [1.807, 2.05) is 0 Å². The van der Waals surface area contributed by atoms with Gasteiger partial charge < -0.3 is 4.74 Å². The number of ether oxygens (including phenoxy) is 1. The lowest BCUT2D eigenvalue weighted by Gasteiger charge is -2.11. The highest BCUT2D eigenvalue weighted by molar-refractivity contribution is 6.12. The Morgan fingerprint density at radius 3 is 3.18 bits per heavy atom. The standard InChI is InChI=1S/C12H11N3O2/c16-12(9-2-1-5-17-8-9)10-6-14-15-4-3-13-7-11(10)15/h3-4,6-8H,1-2,5H2. The Kier molecular flexibility index (Phi) is 2.36. The highest BCUT2D eigenvalue weighted by Crippen LogP contribution is 2.19. The summed E-state index contributed by atoms with van der Waals surface area (Å²) in [4.78, 5) is 16.3. The van der Waals surface area contributed by atoms with Crippen LogP contribution in [0.4, 0.5) is 0 Å². The quantitative estimate of drug-likeness (QED) is 0.734. The first-order valence-electron chi connectivity index (χ1n) is 5.49. The summed E-state index contributed by atoms with van der Waals surface area (Å²) in [6.07, 6.45) is 9.78. The molecule has 0 fully saturated rings. The molecule has 2 aromatic rings. The maximum atomic E-state index is 12.2. The molecule has 5 nitrogen and oxygen atoms in total. The maximum absolute atomic E-state index is 12.2. The Hall–Kier alpha value is -2.17. The molecule has 3 rings (SSSR count). The van der Waals surface area contributed by atoms with Crippen molar-refractivity contribution in [1.82, 2.24) is 14.6 Å². The summed E-state index contributed by atoms with van der Waals surface area (Å²) >= 11 is 0. The molecule has 0 amide bonds. The lowest BCUT2D eigenvalue weighted by Crippen LogP contribution is -2.09. The predicted octanol–water partition coefficient (Wildman–Crippen LogP) is 1.61. The second-order valence-electron chi connectivity index (χ2n) is 3.91. The van der Waals surface area contributed by atoms with Crippen molar-refractivity contribution in [1.29, 1.82) is 0 Å². The zero-order valence-electron chi connectivity index (χ0n) is 9.17. The average molecular weight is 229 g/mol. The van der Waals surface area contributed by atoms with Crippen LogP contribution in [0.5, 0.6) is 0 Å². The number of aromatic nitrogens is 3. The molecule has 1 aliphatic heterocycles. The first-order chi connectivity index (χ1) is 8.36. The molecule has 0 spiro atoms. The van der Waals surface area contributed by atoms with E-state index in [0.717, 1.165) is 18.4 Å². The molecule has 0 bridgehead atoms. The van der Waals surface area contributed by atoms with Crippen LogP contribution in [-0.2, 0) is 4.74 Å². The van der Waals surface area contributed by atoms with Crippen LogP contribution in [0.15, 0.2) is 36.6 Å². The summed E-state index contributed by atoms with van der Waals surface area (Å²) < 4.78 is 6.83. The van der Waals surface area contributed by atoms with Crippen molar-refractivity contribution in [3.8, 4) is 0 Å². The number of Topliss-reactive ketones (excluding diaryl/α,β-unsaturated/α-hetero) is 1. The largest absolute Gasteiger partial charge is 0.501 e. The van der Waals surface area contributed by atoms with E-state index in [-0.39, 0.29) is 5.78 Å². The molecule has 2 aromatic heterocycles. The molecule has 0 unspecified atom stereocenters. The molecule has 0 radical (unpaired) electrons. The number of hydrogen-bond donors (Lipinski definition) is 0. The number of ketones is 1. The van der Waals surface area contributed by atoms with Gasteiger partial charge in [-0.3, -0.25) is 9.78 Å². The molecular formula is C12H11N3O2. The van der Waals surface area contributed by atoms with E-state index in [1.54, 1.807) is 35.6 Å². The Balaban J connectivity index is 2.03. The van der Waals surface area contributed by atoms with Crippen LogP contribution in [0.2, 0.25) is 0 Å². The van der Waals surface area contributed by atoms with Crippen LogP contribution < -0.4 is 0 Å². The molecule has 0 aliphatic carbocycles. The van der Waals surface area contributed by atoms with Crippen LogP contribution in [0.25, 0.3) is 5.52 Å². The van der Waals surface area contributed by atoms with Crippen LogP contribution >= 0.6 is 0 Å². The van der Waals surface area contributed by atoms with Crippen molar-refractivity contribution in [2.75, 3.05) is 6.61 Å². The second kappa shape index (κ2) is 4.01. The third kappa shape index (κ3) is 1.69. The number of fused-ring (bicyclic) bond motifs is 1. The lowest BCUT2D eigenvalue weighted by molar-refractivity contribution is 0.101. The van der Waals surface area contributed by atoms with Gasteiger partial charge in [0.1, 0.15) is 0 Å². The van der Waals surface area contributed by atoms with Gasteiger partial charge in [0.15, 0.2) is 5.78 Å². The van der Waals surface area contributed by atoms with E-state index in [9.17, 15) is 4.79 Å². The highest BCUT2D eigenvalue weighted by Gasteiger charge is 2.19. The molecule has 0 aromatic carbocycles. The fourth-order valence-corrected chi connectivity index (χ4v) is 1.91. The van der Waals surface area contributed by atoms with Crippen LogP contribution in [-0.4, -0.2) is 27.0 Å². The van der Waals surface area contributed by atoms with Crippen LogP contribution in [0, 0.1) is 0 Å². The Morgan fingerprint density at radius 2 is 2.35 bits per heavy atom. The van der Waals surface area contributed by atoms with Crippen molar-refractivity contribution in [2.45, 2.75) is 12.8 Å². The normalized spacial score (nSPS) is 15.4. The van der Waals surface area contributed by atoms with Crippen LogP contribution in [0.1, 0.15) is 23.2 Å². The van der Waals surface area contributed by atoms with Gasteiger partial charge in [0.05, 0.1) is 36.3 Å². The van der Waals surface area contributed by atoms with Gasteiger partial charge in [-0.2, -0.15) is 5.10 Å². The molecule has 86 valence electrons. The van der Waals surface area contributed by atoms with Crippen molar-refractivity contribution >= 4 is 11.3 Å². The second-order valence-corrected chi connectivity index (χ2v) is 3.91. The van der Waals surface area contributed by atoms with Crippen molar-refractivity contribution in [3.63, 3.8) is 0 Å². The van der Waals surface area contributed by atoms with E-state index in [1.165, 1.54) is 0 Å². The minimum atomic E-state index is -0.0206. The monoisotopic (exact) mass is 229 g/mol. The molecule has 0 saturated carbocycles. The smallest absolute Gasteiger partial charge is 0.195 e. The third-order valence-electron chi connectivity index (χ3n) is 2.79. The van der Waals surface area contributed by atoms with Gasteiger partial charge in [0.2, 0.25) is 0 Å². The van der Waals surface area contributed by atoms with Gasteiger partial charge in [-0.1, -0.05) is 0 Å². The van der Waals surface area contributed by atoms with Gasteiger partial charge in [-0.25, -0.2) is 4.52 Å². The molecule has 5 heteroatoms. The van der Waals surface area contributed by atoms with Crippen molar-refractivity contribution < 1.29 is 9.53 Å². The summed E-state index contributed by atoms with van der Waals surface area (Å²) in [6, 6.07) is 0. The Morgan fingerprint density at radius 1 is 1.41 bits per heavy atom. The Labute approximate surface area is 97.7 Å². The molecule has 0 N–H and O–H groups in total. The summed E-state index contributed by atoms with van der Waals surface area (Å²) in [7, 11) is 0. The zero-order chi connectivity index (χ0) is 11.7. The van der Waals surface area contributed by atoms with Crippen molar-refractivity contribution in [2.24, 2.45) is 0 Å². The van der Waals surface area contributed by atoms with Gasteiger partial charge in [-0.05, 0) is 12.8 Å². The fourth-order valence-electron chi connectivity index (χ4n) is 1.91. The van der Waals surface area contributed by atoms with E-state index in [0.29, 0.717) is 17.7 Å². The zero-order valence-corrected chi connectivity index (χ0v) is 9.17. The first-order valence-corrected chi connectivity index (χ1v) is 5.49. The summed E-state index contributed by atoms with van der Waals surface area (Å²) in [6.45, 7) is 0.688. The van der Waals surface area contributed by atoms with Crippen LogP contribution in [0.3, 0.4) is 0 Å². The molecular weight excluding hydrogens is 218 g/mol. The number of allylic oxidation sites excluding steroid dienone is 1. The summed E-state index contributed by atoms with van der Waals surface area (Å²) in [5.41, 5.74) is 2.01. The number of carbonyl (C=O) groups excluding carboxylic acids is 1. The summed E-state index contributed by atoms with van der Waals surface area (Å²) in [5, 5.41) is 4.12. The van der Waals surface area contributed by atoms with Crippen molar-refractivity contribution in [3.05, 3.63) is 42.2 Å². The predicted molar refractivity (Wildman–Crippen MR) is 60.6 cm³/mol. The van der Waals surface area contributed by atoms with Gasteiger partial charge >= 0.3 is 0 Å². The van der Waals surface area contributed by atoms with E-state index >= 15 is 0 Å². The fraction of sp³-hybridized carbons (Fsp3) is 0.250. The molecule has 0 saturated heterocycles. The highest BCUT2D eigenvalue weighted by atomic mass is 16.5. The lowest BCUT2D eigenvalue weighted by atomic mass is 10.0. The Bertz CT molecular complexity index is 601. The number of nitrogens with zero attached hydrogens (tertiary/aromatic N) is 3. The number of carbonyl (C=O) groups is 1. The van der Waals surface area contributed by atoms with E-state index < -0.39 is 0 Å². The molecule has 0 atom stereocenters. The van der Waals surface area contributed by atoms with Gasteiger partial charge in [0, 0.05) is 18.0 Å². The minimum Gasteiger partial charge on any atom is -0.501 e. The topological polar surface area (TPSA) is 56.5 Å². The number of hydrogen-bond acceptors (Lipinski definition) is 4. The average Bonchev–Trinajstić information content (AvgIpc) is 2.83. The molecule has 3 heterocycles. The third-order valence-corrected chi connectivity index (χ3v) is 2.79. The van der Waals surface area contributed by atoms with E-state index in [4.69, 9.17) is 4.74 Å². The SMILES string of the molecule is O=C(C1=COCCC1)c1cnn2ccncc12. The molecule has 17 heavy (non-hydrogen) atoms. The van der Waals surface area contributed by atoms with Gasteiger partial charge in [-0.15, -0.1) is 0 Å². The van der Waals surface area contributed by atoms with E-state index in [2.05, 4.69) is 10.1 Å². The maximum Gasteiger partial charge on any atom is 0.195 e. The molecule has 1 aliphatic rings.